The van der Waals surface area contributed by atoms with Gasteiger partial charge in [-0.25, -0.2) is 9.97 Å². The fourth-order valence-electron chi connectivity index (χ4n) is 8.57. The van der Waals surface area contributed by atoms with E-state index in [4.69, 9.17) is 9.97 Å². The fourth-order valence-corrected chi connectivity index (χ4v) is 13.4. The Kier molecular flexibility index (Phi) is 8.90. The monoisotopic (exact) mass is 742 g/mol. The summed E-state index contributed by atoms with van der Waals surface area (Å²) in [6, 6.07) is 83.5. The molecular weight excluding hydrogens is 705 g/mol. The number of hydrogen-bond donors (Lipinski definition) is 0. The summed E-state index contributed by atoms with van der Waals surface area (Å²) >= 11 is 0. The Bertz CT molecular complexity index is 2890. The summed E-state index contributed by atoms with van der Waals surface area (Å²) in [6.45, 7) is 0. The molecule has 0 aliphatic carbocycles. The van der Waals surface area contributed by atoms with Crippen molar-refractivity contribution in [1.82, 2.24) is 9.97 Å². The molecule has 57 heavy (non-hydrogen) atoms. The minimum absolute atomic E-state index is 0.706. The molecule has 0 amide bonds. The standard InChI is InChI=1S/C54H38N2Si/c1-6-20-39(21-7-1)42-34-43(36-47(35-42)57(44-25-10-3-11-26-44,45-27-12-4-13-28-45)46-29-14-5-15-30-46)53-38-52(40-22-8-2-9-23-40)55-54(56-53)51-37-41-24-16-17-31-48(41)49-32-18-19-33-50(49)51/h1-38H. The van der Waals surface area contributed by atoms with E-state index >= 15 is 0 Å². The molecule has 268 valence electrons. The number of benzene rings is 9. The molecule has 0 fully saturated rings. The maximum absolute atomic E-state index is 5.54. The molecular formula is C54H38N2Si. The highest BCUT2D eigenvalue weighted by Crippen LogP contribution is 2.36. The third-order valence-corrected chi connectivity index (χ3v) is 15.9. The summed E-state index contributed by atoms with van der Waals surface area (Å²) in [5.74, 6) is 0.706. The third kappa shape index (κ3) is 6.25. The predicted molar refractivity (Wildman–Crippen MR) is 242 cm³/mol. The molecule has 3 heteroatoms. The molecule has 1 aromatic heterocycles. The van der Waals surface area contributed by atoms with Crippen molar-refractivity contribution in [3.8, 4) is 45.0 Å². The molecule has 0 aliphatic rings. The summed E-state index contributed by atoms with van der Waals surface area (Å²) in [5, 5.41) is 9.99. The first-order chi connectivity index (χ1) is 28.3. The zero-order valence-electron chi connectivity index (χ0n) is 31.3. The molecule has 0 aliphatic heterocycles. The van der Waals surface area contributed by atoms with Crippen molar-refractivity contribution < 1.29 is 0 Å². The zero-order chi connectivity index (χ0) is 38.0. The van der Waals surface area contributed by atoms with Crippen LogP contribution in [0.2, 0.25) is 0 Å². The highest BCUT2D eigenvalue weighted by Gasteiger charge is 2.41. The molecule has 0 saturated carbocycles. The van der Waals surface area contributed by atoms with E-state index in [2.05, 4.69) is 231 Å². The molecule has 10 rings (SSSR count). The molecule has 0 radical (unpaired) electrons. The van der Waals surface area contributed by atoms with Gasteiger partial charge < -0.3 is 0 Å². The van der Waals surface area contributed by atoms with Crippen molar-refractivity contribution in [2.75, 3.05) is 0 Å². The van der Waals surface area contributed by atoms with Gasteiger partial charge in [-0.15, -0.1) is 0 Å². The number of aromatic nitrogens is 2. The van der Waals surface area contributed by atoms with E-state index < -0.39 is 8.07 Å². The van der Waals surface area contributed by atoms with Gasteiger partial charge in [0.15, 0.2) is 13.9 Å². The van der Waals surface area contributed by atoms with E-state index in [1.54, 1.807) is 0 Å². The van der Waals surface area contributed by atoms with E-state index in [-0.39, 0.29) is 0 Å². The fraction of sp³-hybridized carbons (Fsp3) is 0. The zero-order valence-corrected chi connectivity index (χ0v) is 32.3. The Balaban J connectivity index is 1.30. The number of rotatable bonds is 8. The summed E-state index contributed by atoms with van der Waals surface area (Å²) < 4.78 is 0. The van der Waals surface area contributed by atoms with E-state index in [9.17, 15) is 0 Å². The van der Waals surface area contributed by atoms with Crippen molar-refractivity contribution in [2.45, 2.75) is 0 Å². The quantitative estimate of drug-likeness (QED) is 0.0880. The molecule has 0 atom stereocenters. The number of hydrogen-bond acceptors (Lipinski definition) is 2. The van der Waals surface area contributed by atoms with Gasteiger partial charge in [-0.3, -0.25) is 0 Å². The van der Waals surface area contributed by atoms with Gasteiger partial charge in [0.1, 0.15) is 0 Å². The molecule has 2 nitrogen and oxygen atoms in total. The number of fused-ring (bicyclic) bond motifs is 3. The van der Waals surface area contributed by atoms with Crippen molar-refractivity contribution in [3.63, 3.8) is 0 Å². The SMILES string of the molecule is c1ccc(-c2cc(-c3cc(-c4ccccc4)nc(-c4cc5ccccc5c5ccccc45)n3)cc([Si](c3ccccc3)(c3ccccc3)c3ccccc3)c2)cc1. The van der Waals surface area contributed by atoms with Crippen LogP contribution < -0.4 is 20.7 Å². The average Bonchev–Trinajstić information content (AvgIpc) is 3.30. The summed E-state index contributed by atoms with van der Waals surface area (Å²) in [5.41, 5.74) is 7.20. The lowest BCUT2D eigenvalue weighted by Crippen LogP contribution is -2.74. The van der Waals surface area contributed by atoms with Crippen LogP contribution in [0.1, 0.15) is 0 Å². The van der Waals surface area contributed by atoms with Crippen LogP contribution in [0.4, 0.5) is 0 Å². The molecule has 0 bridgehead atoms. The Labute approximate surface area is 334 Å². The molecule has 0 spiro atoms. The molecule has 0 saturated heterocycles. The normalized spacial score (nSPS) is 11.5. The molecule has 0 unspecified atom stereocenters. The lowest BCUT2D eigenvalue weighted by Gasteiger charge is -2.35. The average molecular weight is 743 g/mol. The molecule has 10 aromatic rings. The maximum atomic E-state index is 5.54. The first-order valence-electron chi connectivity index (χ1n) is 19.5. The van der Waals surface area contributed by atoms with Gasteiger partial charge in [-0.05, 0) is 71.6 Å². The minimum Gasteiger partial charge on any atom is -0.228 e. The van der Waals surface area contributed by atoms with Crippen LogP contribution >= 0.6 is 0 Å². The lowest BCUT2D eigenvalue weighted by atomic mass is 9.96. The molecule has 1 heterocycles. The first kappa shape index (κ1) is 34.3. The van der Waals surface area contributed by atoms with E-state index in [0.717, 1.165) is 44.6 Å². The number of nitrogens with zero attached hydrogens (tertiary/aromatic N) is 2. The Hall–Kier alpha value is -7.20. The Morgan fingerprint density at radius 3 is 1.30 bits per heavy atom. The highest BCUT2D eigenvalue weighted by molar-refractivity contribution is 7.20. The third-order valence-electron chi connectivity index (χ3n) is 11.2. The van der Waals surface area contributed by atoms with Crippen LogP contribution in [0, 0.1) is 0 Å². The van der Waals surface area contributed by atoms with Crippen LogP contribution in [0.5, 0.6) is 0 Å². The van der Waals surface area contributed by atoms with Gasteiger partial charge in [0.05, 0.1) is 11.4 Å². The predicted octanol–water partition coefficient (Wildman–Crippen LogP) is 10.8. The van der Waals surface area contributed by atoms with Gasteiger partial charge in [0, 0.05) is 16.7 Å². The van der Waals surface area contributed by atoms with Crippen LogP contribution in [0.3, 0.4) is 0 Å². The van der Waals surface area contributed by atoms with Crippen LogP contribution in [0.25, 0.3) is 66.6 Å². The van der Waals surface area contributed by atoms with E-state index in [0.29, 0.717) is 5.82 Å². The van der Waals surface area contributed by atoms with Crippen molar-refractivity contribution in [1.29, 1.82) is 0 Å². The second kappa shape index (κ2) is 14.8. The highest BCUT2D eigenvalue weighted by atomic mass is 28.3. The second-order valence-electron chi connectivity index (χ2n) is 14.5. The maximum Gasteiger partial charge on any atom is 0.179 e. The van der Waals surface area contributed by atoms with Crippen molar-refractivity contribution in [2.24, 2.45) is 0 Å². The van der Waals surface area contributed by atoms with Gasteiger partial charge >= 0.3 is 0 Å². The van der Waals surface area contributed by atoms with Gasteiger partial charge in [0.2, 0.25) is 0 Å². The second-order valence-corrected chi connectivity index (χ2v) is 18.3. The minimum atomic E-state index is -2.89. The van der Waals surface area contributed by atoms with Crippen LogP contribution in [-0.2, 0) is 0 Å². The van der Waals surface area contributed by atoms with Crippen molar-refractivity contribution >= 4 is 50.4 Å². The molecule has 0 N–H and O–H groups in total. The van der Waals surface area contributed by atoms with E-state index in [1.165, 1.54) is 36.9 Å². The topological polar surface area (TPSA) is 25.8 Å². The summed E-state index contributed by atoms with van der Waals surface area (Å²) in [6.07, 6.45) is 0. The largest absolute Gasteiger partial charge is 0.228 e. The first-order valence-corrected chi connectivity index (χ1v) is 21.5. The van der Waals surface area contributed by atoms with Gasteiger partial charge in [-0.1, -0.05) is 212 Å². The van der Waals surface area contributed by atoms with E-state index in [1.807, 2.05) is 0 Å². The van der Waals surface area contributed by atoms with Crippen LogP contribution in [0.15, 0.2) is 231 Å². The smallest absolute Gasteiger partial charge is 0.179 e. The Morgan fingerprint density at radius 1 is 0.281 bits per heavy atom. The van der Waals surface area contributed by atoms with Crippen LogP contribution in [-0.4, -0.2) is 18.0 Å². The van der Waals surface area contributed by atoms with Gasteiger partial charge in [0.25, 0.3) is 0 Å². The summed E-state index contributed by atoms with van der Waals surface area (Å²) in [7, 11) is -2.89. The Morgan fingerprint density at radius 2 is 0.719 bits per heavy atom. The van der Waals surface area contributed by atoms with Gasteiger partial charge in [-0.2, -0.15) is 0 Å². The van der Waals surface area contributed by atoms with Crippen molar-refractivity contribution in [3.05, 3.63) is 231 Å². The molecule has 9 aromatic carbocycles. The lowest BCUT2D eigenvalue weighted by molar-refractivity contribution is 1.19. The summed E-state index contributed by atoms with van der Waals surface area (Å²) in [4.78, 5) is 10.9.